The van der Waals surface area contributed by atoms with Gasteiger partial charge < -0.3 is 14.3 Å². The molecule has 0 spiro atoms. The van der Waals surface area contributed by atoms with Crippen LogP contribution in [0.25, 0.3) is 33.5 Å². The van der Waals surface area contributed by atoms with E-state index < -0.39 is 0 Å². The Labute approximate surface area is 166 Å². The van der Waals surface area contributed by atoms with Crippen molar-refractivity contribution in [2.45, 2.75) is 19.9 Å². The third-order valence-electron chi connectivity index (χ3n) is 4.74. The van der Waals surface area contributed by atoms with E-state index in [9.17, 15) is 0 Å². The van der Waals surface area contributed by atoms with E-state index in [1.807, 2.05) is 36.4 Å². The maximum atomic E-state index is 6.01. The maximum absolute atomic E-state index is 6.01. The summed E-state index contributed by atoms with van der Waals surface area (Å²) >= 11 is 0. The highest BCUT2D eigenvalue weighted by atomic mass is 16.5. The fourth-order valence-electron chi connectivity index (χ4n) is 3.26. The zero-order valence-corrected chi connectivity index (χ0v) is 15.9. The van der Waals surface area contributed by atoms with Gasteiger partial charge in [-0.15, -0.1) is 0 Å². The first-order valence-electron chi connectivity index (χ1n) is 9.33. The Hall–Kier alpha value is -3.81. The normalized spacial score (nSPS) is 12.7. The number of hydrogen-bond donors (Lipinski definition) is 1. The van der Waals surface area contributed by atoms with Crippen LogP contribution in [-0.2, 0) is 0 Å². The molecule has 0 saturated heterocycles. The van der Waals surface area contributed by atoms with Crippen LogP contribution < -0.4 is 5.32 Å². The molecule has 4 heterocycles. The second-order valence-electron chi connectivity index (χ2n) is 7.06. The molecule has 144 valence electrons. The van der Waals surface area contributed by atoms with E-state index in [2.05, 4.69) is 44.3 Å². The van der Waals surface area contributed by atoms with Gasteiger partial charge in [0, 0.05) is 23.3 Å². The molecular formula is C21H18N6O2. The van der Waals surface area contributed by atoms with Crippen LogP contribution in [0.15, 0.2) is 64.1 Å². The minimum Gasteiger partial charge on any atom is -0.450 e. The van der Waals surface area contributed by atoms with Crippen LogP contribution in [0.3, 0.4) is 0 Å². The molecule has 8 heteroatoms. The van der Waals surface area contributed by atoms with Crippen LogP contribution in [-0.4, -0.2) is 25.1 Å². The second-order valence-corrected chi connectivity index (χ2v) is 7.06. The van der Waals surface area contributed by atoms with Crippen molar-refractivity contribution >= 4 is 27.9 Å². The number of rotatable bonds is 5. The Balaban J connectivity index is 1.53. The summed E-state index contributed by atoms with van der Waals surface area (Å²) in [5, 5.41) is 8.46. The van der Waals surface area contributed by atoms with Gasteiger partial charge in [-0.1, -0.05) is 31.1 Å². The van der Waals surface area contributed by atoms with Crippen LogP contribution in [0.2, 0.25) is 0 Å². The van der Waals surface area contributed by atoms with E-state index in [-0.39, 0.29) is 12.0 Å². The molecule has 1 N–H and O–H groups in total. The third kappa shape index (κ3) is 3.08. The summed E-state index contributed by atoms with van der Waals surface area (Å²) in [7, 11) is 0. The highest BCUT2D eigenvalue weighted by Crippen LogP contribution is 2.33. The van der Waals surface area contributed by atoms with Crippen LogP contribution in [0.1, 0.15) is 25.8 Å². The molecule has 0 fully saturated rings. The number of nitrogens with zero attached hydrogens (tertiary/aromatic N) is 5. The molecule has 1 aromatic carbocycles. The summed E-state index contributed by atoms with van der Waals surface area (Å²) in [6.45, 7) is 4.14. The van der Waals surface area contributed by atoms with Crippen molar-refractivity contribution in [2.75, 3.05) is 5.32 Å². The molecule has 5 rings (SSSR count). The van der Waals surface area contributed by atoms with Crippen molar-refractivity contribution in [1.82, 2.24) is 25.1 Å². The molecule has 29 heavy (non-hydrogen) atoms. The molecule has 0 amide bonds. The van der Waals surface area contributed by atoms with E-state index in [4.69, 9.17) is 8.94 Å². The maximum Gasteiger partial charge on any atom is 0.249 e. The molecule has 4 aromatic heterocycles. The molecule has 0 radical (unpaired) electrons. The van der Waals surface area contributed by atoms with Crippen molar-refractivity contribution in [3.63, 3.8) is 0 Å². The topological polar surface area (TPSA) is 103 Å². The van der Waals surface area contributed by atoms with E-state index in [1.54, 1.807) is 12.4 Å². The average molecular weight is 386 g/mol. The highest BCUT2D eigenvalue weighted by Gasteiger charge is 2.25. The first-order chi connectivity index (χ1) is 14.2. The van der Waals surface area contributed by atoms with Gasteiger partial charge >= 0.3 is 0 Å². The Kier molecular flexibility index (Phi) is 4.16. The number of nitrogens with one attached hydrogen (secondary N) is 1. The minimum absolute atomic E-state index is 0.159. The summed E-state index contributed by atoms with van der Waals surface area (Å²) < 4.78 is 11.6. The molecule has 0 bridgehead atoms. The third-order valence-corrected chi connectivity index (χ3v) is 4.74. The zero-order chi connectivity index (χ0) is 19.8. The van der Waals surface area contributed by atoms with Crippen LogP contribution in [0.5, 0.6) is 0 Å². The van der Waals surface area contributed by atoms with Gasteiger partial charge in [0.25, 0.3) is 0 Å². The van der Waals surface area contributed by atoms with Crippen LogP contribution >= 0.6 is 0 Å². The van der Waals surface area contributed by atoms with E-state index in [0.29, 0.717) is 23.1 Å². The number of furan rings is 1. The lowest BCUT2D eigenvalue weighted by molar-refractivity contribution is 0.335. The molecule has 1 atom stereocenters. The summed E-state index contributed by atoms with van der Waals surface area (Å²) in [6, 6.07) is 11.3. The van der Waals surface area contributed by atoms with Gasteiger partial charge in [0.15, 0.2) is 11.4 Å². The van der Waals surface area contributed by atoms with Crippen LogP contribution in [0.4, 0.5) is 5.82 Å². The van der Waals surface area contributed by atoms with E-state index in [0.717, 1.165) is 22.0 Å². The fourth-order valence-corrected chi connectivity index (χ4v) is 3.26. The Bertz CT molecular complexity index is 1280. The molecule has 8 nitrogen and oxygen atoms in total. The number of anilines is 1. The Morgan fingerprint density at radius 1 is 1.03 bits per heavy atom. The summed E-state index contributed by atoms with van der Waals surface area (Å²) in [5.74, 6) is 1.72. The molecule has 5 aromatic rings. The monoisotopic (exact) mass is 386 g/mol. The van der Waals surface area contributed by atoms with Crippen molar-refractivity contribution < 1.29 is 8.94 Å². The molecular weight excluding hydrogens is 368 g/mol. The Morgan fingerprint density at radius 3 is 2.76 bits per heavy atom. The quantitative estimate of drug-likeness (QED) is 0.466. The lowest BCUT2D eigenvalue weighted by Crippen LogP contribution is -2.18. The van der Waals surface area contributed by atoms with Gasteiger partial charge in [0.2, 0.25) is 11.7 Å². The lowest BCUT2D eigenvalue weighted by atomic mass is 10.0. The molecule has 0 aliphatic heterocycles. The van der Waals surface area contributed by atoms with Gasteiger partial charge in [0.05, 0.1) is 0 Å². The smallest absolute Gasteiger partial charge is 0.249 e. The predicted octanol–water partition coefficient (Wildman–Crippen LogP) is 4.63. The zero-order valence-electron chi connectivity index (χ0n) is 15.9. The largest absolute Gasteiger partial charge is 0.450 e. The number of pyridine rings is 1. The standard InChI is InChI=1S/C21H18N6O2/c1-12(2)16(21-26-19(27-29-21)13-6-5-9-22-10-13)25-20-18-17(23-11-24-20)14-7-3-4-8-15(14)28-18/h3-12,16H,1-2H3,(H,23,24,25). The van der Waals surface area contributed by atoms with Crippen molar-refractivity contribution in [3.8, 4) is 11.4 Å². The van der Waals surface area contributed by atoms with Gasteiger partial charge in [-0.25, -0.2) is 9.97 Å². The summed E-state index contributed by atoms with van der Waals surface area (Å²) in [6.07, 6.45) is 4.93. The second kappa shape index (κ2) is 6.97. The lowest BCUT2D eigenvalue weighted by Gasteiger charge is -2.18. The number of aromatic nitrogens is 5. The van der Waals surface area contributed by atoms with Gasteiger partial charge in [-0.3, -0.25) is 4.98 Å². The number of para-hydroxylation sites is 1. The number of fused-ring (bicyclic) bond motifs is 3. The van der Waals surface area contributed by atoms with Gasteiger partial charge in [-0.05, 0) is 30.2 Å². The molecule has 0 aliphatic rings. The number of hydrogen-bond acceptors (Lipinski definition) is 8. The Morgan fingerprint density at radius 2 is 1.93 bits per heavy atom. The van der Waals surface area contributed by atoms with Crippen LogP contribution in [0, 0.1) is 5.92 Å². The van der Waals surface area contributed by atoms with Crippen molar-refractivity contribution in [3.05, 3.63) is 61.0 Å². The first-order valence-corrected chi connectivity index (χ1v) is 9.33. The minimum atomic E-state index is -0.251. The van der Waals surface area contributed by atoms with Gasteiger partial charge in [0.1, 0.15) is 23.5 Å². The fraction of sp³-hybridized carbons (Fsp3) is 0.190. The van der Waals surface area contributed by atoms with E-state index >= 15 is 0 Å². The predicted molar refractivity (Wildman–Crippen MR) is 108 cm³/mol. The average Bonchev–Trinajstić information content (AvgIpc) is 3.38. The number of benzene rings is 1. The van der Waals surface area contributed by atoms with Gasteiger partial charge in [-0.2, -0.15) is 4.98 Å². The summed E-state index contributed by atoms with van der Waals surface area (Å²) in [4.78, 5) is 17.5. The SMILES string of the molecule is CC(C)C(Nc1ncnc2c1oc1ccccc12)c1nc(-c2cccnc2)no1. The van der Waals surface area contributed by atoms with Crippen molar-refractivity contribution in [2.24, 2.45) is 5.92 Å². The highest BCUT2D eigenvalue weighted by molar-refractivity contribution is 6.05. The van der Waals surface area contributed by atoms with E-state index in [1.165, 1.54) is 6.33 Å². The van der Waals surface area contributed by atoms with Crippen molar-refractivity contribution in [1.29, 1.82) is 0 Å². The summed E-state index contributed by atoms with van der Waals surface area (Å²) in [5.41, 5.74) is 2.93. The molecule has 0 saturated carbocycles. The first kappa shape index (κ1) is 17.3. The molecule has 1 unspecified atom stereocenters. The molecule has 0 aliphatic carbocycles.